The van der Waals surface area contributed by atoms with Crippen molar-refractivity contribution in [3.63, 3.8) is 0 Å². The number of hydrogen-bond donors (Lipinski definition) is 1. The number of amides is 2. The van der Waals surface area contributed by atoms with Gasteiger partial charge in [-0.2, -0.15) is 13.2 Å². The molecule has 6 nitrogen and oxygen atoms in total. The van der Waals surface area contributed by atoms with E-state index < -0.39 is 35.7 Å². The van der Waals surface area contributed by atoms with Gasteiger partial charge in [0.15, 0.2) is 0 Å². The monoisotopic (exact) mass is 435 g/mol. The molecule has 0 aliphatic rings. The molecule has 1 aromatic carbocycles. The normalized spacial score (nSPS) is 11.2. The fourth-order valence-electron chi connectivity index (χ4n) is 2.17. The number of nitrogens with zero attached hydrogens (tertiary/aromatic N) is 2. The van der Waals surface area contributed by atoms with Gasteiger partial charge in [0.2, 0.25) is 11.8 Å². The highest BCUT2D eigenvalue weighted by Crippen LogP contribution is 2.28. The van der Waals surface area contributed by atoms with Crippen molar-refractivity contribution in [2.75, 3.05) is 18.9 Å². The molecule has 11 heteroatoms. The number of alkyl halides is 3. The standard InChI is InChI=1S/C17H14Cl2F3N3O3/c1-24(8-14(26)23-11-3-4-12(18)13(19)6-11)16(28)9-25-7-10(17(20,21)22)2-5-15(25)27/h2-7H,8-9H2,1H3,(H,23,26). The minimum Gasteiger partial charge on any atom is -0.335 e. The van der Waals surface area contributed by atoms with Crippen LogP contribution in [0.1, 0.15) is 5.56 Å². The highest BCUT2D eigenvalue weighted by Gasteiger charge is 2.31. The van der Waals surface area contributed by atoms with E-state index in [2.05, 4.69) is 5.32 Å². The van der Waals surface area contributed by atoms with Gasteiger partial charge in [0.1, 0.15) is 6.54 Å². The molecule has 0 bridgehead atoms. The van der Waals surface area contributed by atoms with Crippen LogP contribution in [0.3, 0.4) is 0 Å². The molecule has 0 spiro atoms. The molecule has 0 atom stereocenters. The second-order valence-electron chi connectivity index (χ2n) is 5.81. The highest BCUT2D eigenvalue weighted by atomic mass is 35.5. The first-order valence-corrected chi connectivity index (χ1v) is 8.49. The topological polar surface area (TPSA) is 71.4 Å². The smallest absolute Gasteiger partial charge is 0.335 e. The third kappa shape index (κ3) is 5.74. The summed E-state index contributed by atoms with van der Waals surface area (Å²) in [6.07, 6.45) is -4.09. The van der Waals surface area contributed by atoms with Gasteiger partial charge in [0, 0.05) is 25.0 Å². The van der Waals surface area contributed by atoms with Crippen molar-refractivity contribution in [1.82, 2.24) is 9.47 Å². The zero-order valence-electron chi connectivity index (χ0n) is 14.4. The van der Waals surface area contributed by atoms with Gasteiger partial charge in [-0.1, -0.05) is 23.2 Å². The van der Waals surface area contributed by atoms with Gasteiger partial charge in [-0.05, 0) is 24.3 Å². The Morgan fingerprint density at radius 3 is 2.43 bits per heavy atom. The van der Waals surface area contributed by atoms with E-state index in [9.17, 15) is 27.6 Å². The largest absolute Gasteiger partial charge is 0.417 e. The summed E-state index contributed by atoms with van der Waals surface area (Å²) < 4.78 is 38.9. The highest BCUT2D eigenvalue weighted by molar-refractivity contribution is 6.42. The first kappa shape index (κ1) is 21.8. The van der Waals surface area contributed by atoms with Crippen LogP contribution in [0.5, 0.6) is 0 Å². The molecular formula is C17H14Cl2F3N3O3. The minimum atomic E-state index is -4.65. The molecule has 0 aliphatic heterocycles. The first-order valence-electron chi connectivity index (χ1n) is 7.74. The molecule has 0 radical (unpaired) electrons. The summed E-state index contributed by atoms with van der Waals surface area (Å²) in [4.78, 5) is 36.9. The number of rotatable bonds is 5. The molecule has 0 saturated heterocycles. The Morgan fingerprint density at radius 2 is 1.82 bits per heavy atom. The average molecular weight is 436 g/mol. The summed E-state index contributed by atoms with van der Waals surface area (Å²) in [6, 6.07) is 5.78. The van der Waals surface area contributed by atoms with Crippen LogP contribution in [-0.2, 0) is 22.3 Å². The van der Waals surface area contributed by atoms with E-state index in [-0.39, 0.29) is 11.6 Å². The summed E-state index contributed by atoms with van der Waals surface area (Å²) in [5, 5.41) is 3.04. The molecule has 2 amide bonds. The molecule has 1 heterocycles. The number of likely N-dealkylation sites (N-methyl/N-ethyl adjacent to an activating group) is 1. The third-order valence-corrected chi connectivity index (χ3v) is 4.37. The molecule has 150 valence electrons. The Bertz CT molecular complexity index is 961. The van der Waals surface area contributed by atoms with Gasteiger partial charge in [0.25, 0.3) is 5.56 Å². The van der Waals surface area contributed by atoms with Crippen LogP contribution in [-0.4, -0.2) is 34.9 Å². The molecule has 0 fully saturated rings. The molecule has 0 aliphatic carbocycles. The molecule has 2 aromatic rings. The number of halogens is 5. The third-order valence-electron chi connectivity index (χ3n) is 3.63. The molecule has 2 rings (SSSR count). The quantitative estimate of drug-likeness (QED) is 0.783. The number of anilines is 1. The summed E-state index contributed by atoms with van der Waals surface area (Å²) in [5.41, 5.74) is -1.47. The van der Waals surface area contributed by atoms with E-state index >= 15 is 0 Å². The number of nitrogens with one attached hydrogen (secondary N) is 1. The van der Waals surface area contributed by atoms with E-state index in [4.69, 9.17) is 23.2 Å². The van der Waals surface area contributed by atoms with Gasteiger partial charge in [-0.3, -0.25) is 14.4 Å². The van der Waals surface area contributed by atoms with Crippen molar-refractivity contribution >= 4 is 40.7 Å². The summed E-state index contributed by atoms with van der Waals surface area (Å²) in [5.74, 6) is -1.28. The van der Waals surface area contributed by atoms with Crippen LogP contribution in [0.15, 0.2) is 41.3 Å². The Balaban J connectivity index is 2.02. The molecular weight excluding hydrogens is 422 g/mol. The lowest BCUT2D eigenvalue weighted by molar-refractivity contribution is -0.138. The predicted molar refractivity (Wildman–Crippen MR) is 98.4 cm³/mol. The molecule has 1 aromatic heterocycles. The van der Waals surface area contributed by atoms with Crippen LogP contribution in [0, 0.1) is 0 Å². The van der Waals surface area contributed by atoms with Crippen LogP contribution in [0.4, 0.5) is 18.9 Å². The van der Waals surface area contributed by atoms with E-state index in [1.807, 2.05) is 0 Å². The van der Waals surface area contributed by atoms with Gasteiger partial charge in [0.05, 0.1) is 22.2 Å². The number of aromatic nitrogens is 1. The average Bonchev–Trinajstić information content (AvgIpc) is 2.58. The van der Waals surface area contributed by atoms with E-state index in [1.165, 1.54) is 25.2 Å². The van der Waals surface area contributed by atoms with Crippen molar-refractivity contribution in [1.29, 1.82) is 0 Å². The summed E-state index contributed by atoms with van der Waals surface area (Å²) in [7, 11) is 1.29. The lowest BCUT2D eigenvalue weighted by atomic mass is 10.2. The van der Waals surface area contributed by atoms with Gasteiger partial charge in [-0.15, -0.1) is 0 Å². The second-order valence-corrected chi connectivity index (χ2v) is 6.62. The lowest BCUT2D eigenvalue weighted by Gasteiger charge is -2.18. The molecule has 28 heavy (non-hydrogen) atoms. The molecule has 0 saturated carbocycles. The van der Waals surface area contributed by atoms with Crippen LogP contribution in [0.2, 0.25) is 10.0 Å². The van der Waals surface area contributed by atoms with Crippen molar-refractivity contribution in [2.24, 2.45) is 0 Å². The SMILES string of the molecule is CN(CC(=O)Nc1ccc(Cl)c(Cl)c1)C(=O)Cn1cc(C(F)(F)F)ccc1=O. The maximum Gasteiger partial charge on any atom is 0.417 e. The van der Waals surface area contributed by atoms with Crippen LogP contribution in [0.25, 0.3) is 0 Å². The Hall–Kier alpha value is -2.52. The van der Waals surface area contributed by atoms with Crippen LogP contribution < -0.4 is 10.9 Å². The van der Waals surface area contributed by atoms with Gasteiger partial charge >= 0.3 is 6.18 Å². The van der Waals surface area contributed by atoms with Gasteiger partial charge in [-0.25, -0.2) is 0 Å². The van der Waals surface area contributed by atoms with Crippen molar-refractivity contribution in [3.05, 3.63) is 62.5 Å². The maximum absolute atomic E-state index is 12.7. The van der Waals surface area contributed by atoms with E-state index in [0.29, 0.717) is 27.5 Å². The maximum atomic E-state index is 12.7. The fourth-order valence-corrected chi connectivity index (χ4v) is 2.47. The fraction of sp³-hybridized carbons (Fsp3) is 0.235. The lowest BCUT2D eigenvalue weighted by Crippen LogP contribution is -2.38. The van der Waals surface area contributed by atoms with Crippen molar-refractivity contribution < 1.29 is 22.8 Å². The first-order chi connectivity index (χ1) is 13.0. The Morgan fingerprint density at radius 1 is 1.14 bits per heavy atom. The number of benzene rings is 1. The summed E-state index contributed by atoms with van der Waals surface area (Å²) in [6.45, 7) is -1.02. The number of carbonyl (C=O) groups excluding carboxylic acids is 2. The van der Waals surface area contributed by atoms with Gasteiger partial charge < -0.3 is 14.8 Å². The minimum absolute atomic E-state index is 0.229. The van der Waals surface area contributed by atoms with Crippen molar-refractivity contribution in [2.45, 2.75) is 12.7 Å². The zero-order valence-corrected chi connectivity index (χ0v) is 15.9. The van der Waals surface area contributed by atoms with Crippen molar-refractivity contribution in [3.8, 4) is 0 Å². The second kappa shape index (κ2) is 8.66. The summed E-state index contributed by atoms with van der Waals surface area (Å²) >= 11 is 11.6. The molecule has 0 unspecified atom stereocenters. The number of pyridine rings is 1. The number of hydrogen-bond acceptors (Lipinski definition) is 3. The molecule has 1 N–H and O–H groups in total. The van der Waals surface area contributed by atoms with Crippen LogP contribution >= 0.6 is 23.2 Å². The Kier molecular flexibility index (Phi) is 6.73. The number of carbonyl (C=O) groups is 2. The zero-order chi connectivity index (χ0) is 21.1. The Labute approximate surface area is 167 Å². The predicted octanol–water partition coefficient (Wildman–Crippen LogP) is 3.27. The van der Waals surface area contributed by atoms with E-state index in [0.717, 1.165) is 11.0 Å². The van der Waals surface area contributed by atoms with E-state index in [1.54, 1.807) is 0 Å².